The summed E-state index contributed by atoms with van der Waals surface area (Å²) in [6.45, 7) is 3.30. The van der Waals surface area contributed by atoms with E-state index in [1.54, 1.807) is 24.3 Å². The van der Waals surface area contributed by atoms with Crippen LogP contribution in [-0.2, 0) is 25.6 Å². The van der Waals surface area contributed by atoms with Crippen molar-refractivity contribution in [2.45, 2.75) is 64.6 Å². The third-order valence-corrected chi connectivity index (χ3v) is 8.23. The van der Waals surface area contributed by atoms with Crippen LogP contribution in [0, 0.1) is 0 Å². The molecule has 0 bridgehead atoms. The molecule has 1 heterocycles. The first-order chi connectivity index (χ1) is 21.2. The molecular formula is C37H37F3N2O2. The molecular weight excluding hydrogens is 561 g/mol. The largest absolute Gasteiger partial charge is 0.416 e. The van der Waals surface area contributed by atoms with E-state index in [-0.39, 0.29) is 11.8 Å². The van der Waals surface area contributed by atoms with Gasteiger partial charge in [-0.05, 0) is 89.5 Å². The Labute approximate surface area is 256 Å². The maximum atomic E-state index is 13.3. The Hall–Kier alpha value is -4.39. The molecule has 4 aromatic carbocycles. The van der Waals surface area contributed by atoms with E-state index < -0.39 is 11.7 Å². The summed E-state index contributed by atoms with van der Waals surface area (Å²) in [5.41, 5.74) is 5.39. The van der Waals surface area contributed by atoms with E-state index in [0.29, 0.717) is 47.5 Å². The lowest BCUT2D eigenvalue weighted by Gasteiger charge is -2.29. The SMILES string of the molecule is CCCCCCCc1ccc(C(=O)N2CCc3cc(NC(=O)c4ccccc4-c4ccc(C(F)(F)F)cc4)ccc3C2)cc1. The monoisotopic (exact) mass is 598 g/mol. The maximum absolute atomic E-state index is 13.3. The number of carbonyl (C=O) groups is 2. The van der Waals surface area contributed by atoms with Gasteiger partial charge >= 0.3 is 6.18 Å². The summed E-state index contributed by atoms with van der Waals surface area (Å²) in [5, 5.41) is 2.94. The molecule has 0 aromatic heterocycles. The van der Waals surface area contributed by atoms with Crippen molar-refractivity contribution in [1.29, 1.82) is 0 Å². The summed E-state index contributed by atoms with van der Waals surface area (Å²) in [4.78, 5) is 28.4. The molecule has 4 aromatic rings. The second-order valence-electron chi connectivity index (χ2n) is 11.4. The number of amides is 2. The van der Waals surface area contributed by atoms with E-state index >= 15 is 0 Å². The van der Waals surface area contributed by atoms with E-state index in [0.717, 1.165) is 29.7 Å². The molecule has 0 unspecified atom stereocenters. The molecule has 7 heteroatoms. The average Bonchev–Trinajstić information content (AvgIpc) is 3.04. The molecule has 0 radical (unpaired) electrons. The Morgan fingerprint density at radius 2 is 1.55 bits per heavy atom. The fourth-order valence-electron chi connectivity index (χ4n) is 5.70. The quantitative estimate of drug-likeness (QED) is 0.185. The van der Waals surface area contributed by atoms with Crippen LogP contribution >= 0.6 is 0 Å². The molecule has 0 fully saturated rings. The maximum Gasteiger partial charge on any atom is 0.416 e. The number of aryl methyl sites for hydroxylation is 1. The summed E-state index contributed by atoms with van der Waals surface area (Å²) in [6, 6.07) is 25.3. The summed E-state index contributed by atoms with van der Waals surface area (Å²) in [6.07, 6.45) is 3.49. The number of benzene rings is 4. The molecule has 1 aliphatic rings. The first-order valence-corrected chi connectivity index (χ1v) is 15.3. The predicted molar refractivity (Wildman–Crippen MR) is 169 cm³/mol. The molecule has 0 aliphatic carbocycles. The average molecular weight is 599 g/mol. The van der Waals surface area contributed by atoms with Gasteiger partial charge in [0.25, 0.3) is 11.8 Å². The summed E-state index contributed by atoms with van der Waals surface area (Å²) < 4.78 is 39.1. The summed E-state index contributed by atoms with van der Waals surface area (Å²) in [7, 11) is 0. The van der Waals surface area contributed by atoms with E-state index in [2.05, 4.69) is 24.4 Å². The lowest BCUT2D eigenvalue weighted by molar-refractivity contribution is -0.137. The second-order valence-corrected chi connectivity index (χ2v) is 11.4. The number of halogens is 3. The van der Waals surface area contributed by atoms with Gasteiger partial charge in [0, 0.05) is 29.9 Å². The minimum absolute atomic E-state index is 0.0161. The minimum atomic E-state index is -4.43. The molecule has 228 valence electrons. The van der Waals surface area contributed by atoms with Crippen molar-refractivity contribution in [1.82, 2.24) is 4.90 Å². The van der Waals surface area contributed by atoms with Gasteiger partial charge in [-0.15, -0.1) is 0 Å². The van der Waals surface area contributed by atoms with Crippen LogP contribution in [0.1, 0.15) is 82.0 Å². The molecule has 0 spiro atoms. The van der Waals surface area contributed by atoms with Crippen LogP contribution in [0.15, 0.2) is 91.0 Å². The Bertz CT molecular complexity index is 1590. The number of fused-ring (bicyclic) bond motifs is 1. The van der Waals surface area contributed by atoms with Crippen LogP contribution < -0.4 is 5.32 Å². The van der Waals surface area contributed by atoms with Gasteiger partial charge in [-0.3, -0.25) is 9.59 Å². The fraction of sp³-hybridized carbons (Fsp3) is 0.297. The standard InChI is InChI=1S/C37H37F3N2O2/c1-2-3-4-5-6-9-26-12-14-28(15-13-26)36(44)42-23-22-29-24-32(21-18-30(29)25-42)41-35(43)34-11-8-7-10-33(34)27-16-19-31(20-17-27)37(38,39)40/h7-8,10-21,24H,2-6,9,22-23,25H2,1H3,(H,41,43). The van der Waals surface area contributed by atoms with Crippen molar-refractivity contribution in [3.05, 3.63) is 124 Å². The van der Waals surface area contributed by atoms with Crippen molar-refractivity contribution < 1.29 is 22.8 Å². The van der Waals surface area contributed by atoms with Crippen LogP contribution in [0.25, 0.3) is 11.1 Å². The zero-order chi connectivity index (χ0) is 31.1. The molecule has 44 heavy (non-hydrogen) atoms. The van der Waals surface area contributed by atoms with Gasteiger partial charge in [-0.2, -0.15) is 13.2 Å². The Balaban J connectivity index is 1.21. The molecule has 0 saturated carbocycles. The number of hydrogen-bond donors (Lipinski definition) is 1. The highest BCUT2D eigenvalue weighted by atomic mass is 19.4. The number of unbranched alkanes of at least 4 members (excludes halogenated alkanes) is 4. The van der Waals surface area contributed by atoms with E-state index in [1.165, 1.54) is 49.8 Å². The van der Waals surface area contributed by atoms with Gasteiger partial charge < -0.3 is 10.2 Å². The van der Waals surface area contributed by atoms with E-state index in [4.69, 9.17) is 0 Å². The van der Waals surface area contributed by atoms with Crippen LogP contribution in [0.4, 0.5) is 18.9 Å². The lowest BCUT2D eigenvalue weighted by Crippen LogP contribution is -2.36. The van der Waals surface area contributed by atoms with E-state index in [1.807, 2.05) is 35.2 Å². The van der Waals surface area contributed by atoms with Crippen molar-refractivity contribution in [2.75, 3.05) is 11.9 Å². The van der Waals surface area contributed by atoms with Gasteiger partial charge in [0.2, 0.25) is 0 Å². The van der Waals surface area contributed by atoms with Crippen molar-refractivity contribution in [3.8, 4) is 11.1 Å². The molecule has 0 atom stereocenters. The third-order valence-electron chi connectivity index (χ3n) is 8.23. The number of rotatable bonds is 10. The second kappa shape index (κ2) is 13.9. The minimum Gasteiger partial charge on any atom is -0.334 e. The van der Waals surface area contributed by atoms with Crippen LogP contribution in [0.5, 0.6) is 0 Å². The summed E-state index contributed by atoms with van der Waals surface area (Å²) >= 11 is 0. The highest BCUT2D eigenvalue weighted by molar-refractivity contribution is 6.08. The lowest BCUT2D eigenvalue weighted by atomic mass is 9.97. The van der Waals surface area contributed by atoms with Gasteiger partial charge in [0.05, 0.1) is 5.56 Å². The Morgan fingerprint density at radius 3 is 2.27 bits per heavy atom. The number of carbonyl (C=O) groups excluding carboxylic acids is 2. The Kier molecular flexibility index (Phi) is 9.83. The highest BCUT2D eigenvalue weighted by Crippen LogP contribution is 2.32. The van der Waals surface area contributed by atoms with Crippen molar-refractivity contribution in [3.63, 3.8) is 0 Å². The van der Waals surface area contributed by atoms with Gasteiger partial charge in [-0.1, -0.05) is 81.1 Å². The number of anilines is 1. The van der Waals surface area contributed by atoms with E-state index in [9.17, 15) is 22.8 Å². The molecule has 0 saturated heterocycles. The zero-order valence-electron chi connectivity index (χ0n) is 24.9. The van der Waals surface area contributed by atoms with Gasteiger partial charge in [0.1, 0.15) is 0 Å². The van der Waals surface area contributed by atoms with Gasteiger partial charge in [-0.25, -0.2) is 0 Å². The predicted octanol–water partition coefficient (Wildman–Crippen LogP) is 9.34. The van der Waals surface area contributed by atoms with Crippen molar-refractivity contribution >= 4 is 17.5 Å². The first-order valence-electron chi connectivity index (χ1n) is 15.3. The molecule has 1 aliphatic heterocycles. The van der Waals surface area contributed by atoms with Crippen LogP contribution in [-0.4, -0.2) is 23.3 Å². The Morgan fingerprint density at radius 1 is 0.818 bits per heavy atom. The number of nitrogens with zero attached hydrogens (tertiary/aromatic N) is 1. The smallest absolute Gasteiger partial charge is 0.334 e. The van der Waals surface area contributed by atoms with Crippen LogP contribution in [0.3, 0.4) is 0 Å². The normalized spacial score (nSPS) is 13.0. The highest BCUT2D eigenvalue weighted by Gasteiger charge is 2.30. The number of hydrogen-bond acceptors (Lipinski definition) is 2. The molecule has 2 amide bonds. The third kappa shape index (κ3) is 7.57. The first kappa shape index (κ1) is 31.0. The van der Waals surface area contributed by atoms with Gasteiger partial charge in [0.15, 0.2) is 0 Å². The number of nitrogens with one attached hydrogen (secondary N) is 1. The van der Waals surface area contributed by atoms with Crippen molar-refractivity contribution in [2.24, 2.45) is 0 Å². The molecule has 4 nitrogen and oxygen atoms in total. The zero-order valence-corrected chi connectivity index (χ0v) is 24.9. The fourth-order valence-corrected chi connectivity index (χ4v) is 5.70. The summed E-state index contributed by atoms with van der Waals surface area (Å²) in [5.74, 6) is -0.333. The topological polar surface area (TPSA) is 49.4 Å². The van der Waals surface area contributed by atoms with Crippen LogP contribution in [0.2, 0.25) is 0 Å². The molecule has 1 N–H and O–H groups in total. The molecule has 5 rings (SSSR count). The number of alkyl halides is 3.